The minimum atomic E-state index is -0.0395. The van der Waals surface area contributed by atoms with E-state index in [9.17, 15) is 4.79 Å². The van der Waals surface area contributed by atoms with Crippen molar-refractivity contribution in [2.75, 3.05) is 13.1 Å². The maximum atomic E-state index is 12.3. The fourth-order valence-electron chi connectivity index (χ4n) is 4.55. The van der Waals surface area contributed by atoms with Gasteiger partial charge in [-0.05, 0) is 62.7 Å². The molecule has 0 radical (unpaired) electrons. The van der Waals surface area contributed by atoms with E-state index < -0.39 is 0 Å². The van der Waals surface area contributed by atoms with E-state index in [0.717, 1.165) is 51.1 Å². The summed E-state index contributed by atoms with van der Waals surface area (Å²) in [5, 5.41) is 9.36. The number of hydrogen-bond donors (Lipinski definition) is 0. The lowest BCUT2D eigenvalue weighted by Gasteiger charge is -2.32. The van der Waals surface area contributed by atoms with Gasteiger partial charge in [-0.3, -0.25) is 14.4 Å². The molecule has 6 nitrogen and oxygen atoms in total. The highest BCUT2D eigenvalue weighted by atomic mass is 16.1. The van der Waals surface area contributed by atoms with E-state index in [-0.39, 0.29) is 11.0 Å². The zero-order chi connectivity index (χ0) is 19.9. The standard InChI is InChI=1S/C22H33N5O/c1-22(2,3)20-8-9-21(28)27(24-20)14-16-10-12-26(13-11-16)15-19-17-6-5-7-18(17)23-25(19)4/h8-9,16H,5-7,10-15H2,1-4H3. The molecule has 1 saturated heterocycles. The van der Waals surface area contributed by atoms with Crippen LogP contribution in [0.4, 0.5) is 0 Å². The number of fused-ring (bicyclic) bond motifs is 1. The van der Waals surface area contributed by atoms with Crippen molar-refractivity contribution in [3.05, 3.63) is 45.1 Å². The van der Waals surface area contributed by atoms with Crippen molar-refractivity contribution in [2.24, 2.45) is 13.0 Å². The van der Waals surface area contributed by atoms with Gasteiger partial charge in [0.25, 0.3) is 5.56 Å². The average molecular weight is 384 g/mol. The van der Waals surface area contributed by atoms with Crippen LogP contribution in [0.25, 0.3) is 0 Å². The fraction of sp³-hybridized carbons (Fsp3) is 0.682. The van der Waals surface area contributed by atoms with Crippen LogP contribution in [-0.4, -0.2) is 37.6 Å². The molecule has 4 rings (SSSR count). The van der Waals surface area contributed by atoms with Gasteiger partial charge in [-0.1, -0.05) is 20.8 Å². The molecule has 0 bridgehead atoms. The van der Waals surface area contributed by atoms with Crippen molar-refractivity contribution in [2.45, 2.75) is 71.4 Å². The molecule has 0 spiro atoms. The normalized spacial score (nSPS) is 18.6. The zero-order valence-corrected chi connectivity index (χ0v) is 17.7. The van der Waals surface area contributed by atoms with Gasteiger partial charge in [-0.2, -0.15) is 10.2 Å². The molecular weight excluding hydrogens is 350 g/mol. The SMILES string of the molecule is Cn1nc2c(c1CN1CCC(Cn3nc(C(C)(C)C)ccc3=O)CC1)CCC2. The van der Waals surface area contributed by atoms with Gasteiger partial charge in [0.15, 0.2) is 0 Å². The van der Waals surface area contributed by atoms with Gasteiger partial charge < -0.3 is 0 Å². The van der Waals surface area contributed by atoms with E-state index in [1.807, 2.05) is 6.07 Å². The molecule has 0 atom stereocenters. The van der Waals surface area contributed by atoms with Gasteiger partial charge in [0.1, 0.15) is 0 Å². The van der Waals surface area contributed by atoms with Gasteiger partial charge >= 0.3 is 0 Å². The van der Waals surface area contributed by atoms with E-state index in [1.165, 1.54) is 29.8 Å². The highest BCUT2D eigenvalue weighted by molar-refractivity contribution is 5.30. The molecule has 0 N–H and O–H groups in total. The largest absolute Gasteiger partial charge is 0.297 e. The first-order valence-corrected chi connectivity index (χ1v) is 10.7. The van der Waals surface area contributed by atoms with Crippen LogP contribution in [0.5, 0.6) is 0 Å². The predicted molar refractivity (Wildman–Crippen MR) is 110 cm³/mol. The van der Waals surface area contributed by atoms with Gasteiger partial charge in [-0.25, -0.2) is 4.68 Å². The first kappa shape index (κ1) is 19.4. The van der Waals surface area contributed by atoms with Crippen LogP contribution in [0.2, 0.25) is 0 Å². The molecule has 2 aromatic heterocycles. The van der Waals surface area contributed by atoms with Crippen LogP contribution in [-0.2, 0) is 38.4 Å². The summed E-state index contributed by atoms with van der Waals surface area (Å²) in [5.41, 5.74) is 5.18. The summed E-state index contributed by atoms with van der Waals surface area (Å²) >= 11 is 0. The molecule has 0 saturated carbocycles. The summed E-state index contributed by atoms with van der Waals surface area (Å²) in [5.74, 6) is 0.522. The number of rotatable bonds is 4. The van der Waals surface area contributed by atoms with Gasteiger partial charge in [0, 0.05) is 31.6 Å². The molecule has 0 unspecified atom stereocenters. The monoisotopic (exact) mass is 383 g/mol. The average Bonchev–Trinajstić information content (AvgIpc) is 3.20. The molecule has 1 aliphatic heterocycles. The Bertz CT molecular complexity index is 897. The maximum absolute atomic E-state index is 12.3. The number of piperidine rings is 1. The number of hydrogen-bond acceptors (Lipinski definition) is 4. The summed E-state index contributed by atoms with van der Waals surface area (Å²) in [6, 6.07) is 3.54. The first-order chi connectivity index (χ1) is 13.3. The first-order valence-electron chi connectivity index (χ1n) is 10.7. The van der Waals surface area contributed by atoms with E-state index >= 15 is 0 Å². The third-order valence-corrected chi connectivity index (χ3v) is 6.35. The van der Waals surface area contributed by atoms with Crippen molar-refractivity contribution in [3.63, 3.8) is 0 Å². The minimum Gasteiger partial charge on any atom is -0.297 e. The van der Waals surface area contributed by atoms with Gasteiger partial charge in [-0.15, -0.1) is 0 Å². The topological polar surface area (TPSA) is 56.0 Å². The molecule has 2 aromatic rings. The molecule has 152 valence electrons. The number of nitrogens with zero attached hydrogens (tertiary/aromatic N) is 5. The third kappa shape index (κ3) is 3.93. The minimum absolute atomic E-state index is 0.0147. The van der Waals surface area contributed by atoms with E-state index in [4.69, 9.17) is 5.10 Å². The molecular formula is C22H33N5O. The Morgan fingerprint density at radius 2 is 1.86 bits per heavy atom. The highest BCUT2D eigenvalue weighted by Crippen LogP contribution is 2.27. The van der Waals surface area contributed by atoms with Crippen LogP contribution in [0.15, 0.2) is 16.9 Å². The highest BCUT2D eigenvalue weighted by Gasteiger charge is 2.25. The second kappa shape index (κ2) is 7.47. The zero-order valence-electron chi connectivity index (χ0n) is 17.7. The summed E-state index contributed by atoms with van der Waals surface area (Å²) in [7, 11) is 2.08. The Hall–Kier alpha value is -1.95. The fourth-order valence-corrected chi connectivity index (χ4v) is 4.55. The second-order valence-corrected chi connectivity index (χ2v) is 9.56. The number of aromatic nitrogens is 4. The van der Waals surface area contributed by atoms with Gasteiger partial charge in [0.05, 0.1) is 17.1 Å². The molecule has 3 heterocycles. The maximum Gasteiger partial charge on any atom is 0.266 e. The second-order valence-electron chi connectivity index (χ2n) is 9.56. The van der Waals surface area contributed by atoms with E-state index in [1.54, 1.807) is 10.7 Å². The molecule has 1 aliphatic carbocycles. The van der Waals surface area contributed by atoms with Gasteiger partial charge in [0.2, 0.25) is 0 Å². The molecule has 6 heteroatoms. The summed E-state index contributed by atoms with van der Waals surface area (Å²) in [4.78, 5) is 14.8. The van der Waals surface area contributed by atoms with Crippen molar-refractivity contribution < 1.29 is 0 Å². The Morgan fingerprint density at radius 1 is 1.11 bits per heavy atom. The Labute approximate surface area is 167 Å². The van der Waals surface area contributed by atoms with Crippen LogP contribution in [0, 0.1) is 5.92 Å². The number of aryl methyl sites for hydroxylation is 2. The number of likely N-dealkylation sites (tertiary alicyclic amines) is 1. The van der Waals surface area contributed by atoms with Crippen LogP contribution in [0.1, 0.15) is 62.7 Å². The lowest BCUT2D eigenvalue weighted by molar-refractivity contribution is 0.159. The summed E-state index contributed by atoms with van der Waals surface area (Å²) < 4.78 is 3.78. The lowest BCUT2D eigenvalue weighted by Crippen LogP contribution is -2.37. The Morgan fingerprint density at radius 3 is 2.57 bits per heavy atom. The van der Waals surface area contributed by atoms with Crippen molar-refractivity contribution >= 4 is 0 Å². The summed E-state index contributed by atoms with van der Waals surface area (Å²) in [6.07, 6.45) is 5.82. The molecule has 1 fully saturated rings. The van der Waals surface area contributed by atoms with E-state index in [2.05, 4.69) is 42.5 Å². The van der Waals surface area contributed by atoms with Crippen LogP contribution < -0.4 is 5.56 Å². The molecule has 0 aromatic carbocycles. The van der Waals surface area contributed by atoms with Crippen molar-refractivity contribution in [1.29, 1.82) is 0 Å². The van der Waals surface area contributed by atoms with Crippen LogP contribution in [0.3, 0.4) is 0 Å². The molecule has 28 heavy (non-hydrogen) atoms. The molecule has 2 aliphatic rings. The third-order valence-electron chi connectivity index (χ3n) is 6.35. The van der Waals surface area contributed by atoms with E-state index in [0.29, 0.717) is 5.92 Å². The van der Waals surface area contributed by atoms with Crippen molar-refractivity contribution in [3.8, 4) is 0 Å². The summed E-state index contributed by atoms with van der Waals surface area (Å²) in [6.45, 7) is 10.3. The Balaban J connectivity index is 1.37. The predicted octanol–water partition coefficient (Wildman–Crippen LogP) is 2.68. The van der Waals surface area contributed by atoms with Crippen molar-refractivity contribution in [1.82, 2.24) is 24.5 Å². The quantitative estimate of drug-likeness (QED) is 0.815. The smallest absolute Gasteiger partial charge is 0.266 e. The molecule has 0 amide bonds. The lowest BCUT2D eigenvalue weighted by atomic mass is 9.92. The Kier molecular flexibility index (Phi) is 5.17. The van der Waals surface area contributed by atoms with Crippen LogP contribution >= 0.6 is 0 Å².